The van der Waals surface area contributed by atoms with Gasteiger partial charge in [-0.3, -0.25) is 5.01 Å². The van der Waals surface area contributed by atoms with Gasteiger partial charge in [0.1, 0.15) is 12.2 Å². The Labute approximate surface area is 156 Å². The molecule has 1 aromatic carbocycles. The lowest BCUT2D eigenvalue weighted by atomic mass is 9.96. The van der Waals surface area contributed by atoms with Gasteiger partial charge in [-0.25, -0.2) is 4.79 Å². The highest BCUT2D eigenvalue weighted by Crippen LogP contribution is 2.41. The first-order valence-electron chi connectivity index (χ1n) is 8.59. The summed E-state index contributed by atoms with van der Waals surface area (Å²) in [6, 6.07) is 9.07. The van der Waals surface area contributed by atoms with E-state index in [0.29, 0.717) is 0 Å². The van der Waals surface area contributed by atoms with Crippen LogP contribution >= 0.6 is 0 Å². The highest BCUT2D eigenvalue weighted by atomic mass is 19.4. The van der Waals surface area contributed by atoms with Gasteiger partial charge in [0.05, 0.1) is 19.7 Å². The molecule has 1 aliphatic heterocycles. The number of esters is 1. The van der Waals surface area contributed by atoms with Crippen molar-refractivity contribution < 1.29 is 27.4 Å². The van der Waals surface area contributed by atoms with Gasteiger partial charge in [0.25, 0.3) is 0 Å². The molecule has 0 saturated carbocycles. The zero-order chi connectivity index (χ0) is 20.1. The van der Waals surface area contributed by atoms with E-state index in [4.69, 9.17) is 9.47 Å². The van der Waals surface area contributed by atoms with Crippen LogP contribution in [0.5, 0.6) is 0 Å². The van der Waals surface area contributed by atoms with Gasteiger partial charge in [-0.05, 0) is 26.3 Å². The molecule has 1 unspecified atom stereocenters. The molecule has 1 aliphatic rings. The van der Waals surface area contributed by atoms with E-state index in [1.54, 1.807) is 20.8 Å². The molecule has 0 radical (unpaired) electrons. The maximum Gasteiger partial charge on any atom is 0.417 e. The molecule has 0 spiro atoms. The Morgan fingerprint density at radius 2 is 1.89 bits per heavy atom. The molecule has 1 aromatic rings. The second kappa shape index (κ2) is 8.24. The summed E-state index contributed by atoms with van der Waals surface area (Å²) in [5.41, 5.74) is -2.17. The predicted molar refractivity (Wildman–Crippen MR) is 91.8 cm³/mol. The summed E-state index contributed by atoms with van der Waals surface area (Å²) in [6.07, 6.45) is -4.99. The van der Waals surface area contributed by atoms with Crippen LogP contribution in [0, 0.1) is 0 Å². The SMILES string of the molecule is CC(C)(C)OC(=O)COCCC1(C(F)(F)F)CN(Cc2ccccc2)N=N1. The zero-order valence-electron chi connectivity index (χ0n) is 15.6. The first kappa shape index (κ1) is 21.1. The largest absolute Gasteiger partial charge is 0.458 e. The second-order valence-corrected chi connectivity index (χ2v) is 7.42. The molecular formula is C18H24F3N3O3. The highest BCUT2D eigenvalue weighted by molar-refractivity contribution is 5.71. The smallest absolute Gasteiger partial charge is 0.417 e. The van der Waals surface area contributed by atoms with Crippen molar-refractivity contribution in [1.82, 2.24) is 5.01 Å². The third kappa shape index (κ3) is 6.20. The first-order valence-corrected chi connectivity index (χ1v) is 8.59. The molecule has 0 aromatic heterocycles. The van der Waals surface area contributed by atoms with E-state index in [2.05, 4.69) is 10.3 Å². The van der Waals surface area contributed by atoms with Crippen LogP contribution < -0.4 is 0 Å². The first-order chi connectivity index (χ1) is 12.5. The quantitative estimate of drug-likeness (QED) is 0.526. The van der Waals surface area contributed by atoms with E-state index >= 15 is 0 Å². The van der Waals surface area contributed by atoms with Gasteiger partial charge in [0.15, 0.2) is 5.54 Å². The number of ether oxygens (including phenoxy) is 2. The number of rotatable bonds is 7. The minimum Gasteiger partial charge on any atom is -0.458 e. The molecule has 0 saturated heterocycles. The highest BCUT2D eigenvalue weighted by Gasteiger charge is 2.58. The Bertz CT molecular complexity index is 659. The monoisotopic (exact) mass is 387 g/mol. The van der Waals surface area contributed by atoms with Gasteiger partial charge in [0.2, 0.25) is 0 Å². The molecule has 0 amide bonds. The third-order valence-corrected chi connectivity index (χ3v) is 3.84. The van der Waals surface area contributed by atoms with E-state index < -0.39 is 36.3 Å². The molecule has 0 aliphatic carbocycles. The normalized spacial score (nSPS) is 20.1. The molecule has 150 valence electrons. The average Bonchev–Trinajstić information content (AvgIpc) is 2.95. The number of hydrogen-bond acceptors (Lipinski definition) is 6. The number of benzene rings is 1. The molecule has 0 fully saturated rings. The fraction of sp³-hybridized carbons (Fsp3) is 0.611. The molecule has 0 N–H and O–H groups in total. The molecule has 1 heterocycles. The molecule has 6 nitrogen and oxygen atoms in total. The Morgan fingerprint density at radius 1 is 1.22 bits per heavy atom. The standard InChI is InChI=1S/C18H24F3N3O3/c1-16(2,3)27-15(25)12-26-10-9-17(18(19,20)21)13-24(23-22-17)11-14-7-5-4-6-8-14/h4-8H,9-13H2,1-3H3. The number of halogens is 3. The van der Waals surface area contributed by atoms with Crippen molar-refractivity contribution in [2.45, 2.75) is 51.1 Å². The summed E-state index contributed by atoms with van der Waals surface area (Å²) < 4.78 is 51.0. The maximum atomic E-state index is 13.6. The van der Waals surface area contributed by atoms with Crippen molar-refractivity contribution in [2.75, 3.05) is 19.8 Å². The molecular weight excluding hydrogens is 363 g/mol. The molecule has 0 bridgehead atoms. The van der Waals surface area contributed by atoms with E-state index in [1.807, 2.05) is 30.3 Å². The molecule has 1 atom stereocenters. The van der Waals surface area contributed by atoms with Crippen LogP contribution in [-0.2, 0) is 20.8 Å². The third-order valence-electron chi connectivity index (χ3n) is 3.84. The number of nitrogens with zero attached hydrogens (tertiary/aromatic N) is 3. The van der Waals surface area contributed by atoms with Crippen molar-refractivity contribution in [3.8, 4) is 0 Å². The van der Waals surface area contributed by atoms with Crippen LogP contribution in [0.4, 0.5) is 13.2 Å². The summed E-state index contributed by atoms with van der Waals surface area (Å²) in [5.74, 6) is -0.623. The van der Waals surface area contributed by atoms with Gasteiger partial charge >= 0.3 is 12.1 Å². The van der Waals surface area contributed by atoms with Crippen LogP contribution in [0.2, 0.25) is 0 Å². The Balaban J connectivity index is 1.89. The van der Waals surface area contributed by atoms with Crippen LogP contribution in [0.25, 0.3) is 0 Å². The zero-order valence-corrected chi connectivity index (χ0v) is 15.6. The van der Waals surface area contributed by atoms with Gasteiger partial charge in [-0.2, -0.15) is 18.3 Å². The minimum atomic E-state index is -4.57. The van der Waals surface area contributed by atoms with Crippen molar-refractivity contribution in [3.05, 3.63) is 35.9 Å². The van der Waals surface area contributed by atoms with Crippen LogP contribution in [0.3, 0.4) is 0 Å². The summed E-state index contributed by atoms with van der Waals surface area (Å²) in [6.45, 7) is 4.26. The lowest BCUT2D eigenvalue weighted by Crippen LogP contribution is -2.48. The maximum absolute atomic E-state index is 13.6. The number of carbonyl (C=O) groups excluding carboxylic acids is 1. The Kier molecular flexibility index (Phi) is 6.46. The van der Waals surface area contributed by atoms with E-state index in [-0.39, 0.29) is 19.7 Å². The number of carbonyl (C=O) groups is 1. The minimum absolute atomic E-state index is 0.237. The van der Waals surface area contributed by atoms with Crippen LogP contribution in [-0.4, -0.2) is 48.1 Å². The van der Waals surface area contributed by atoms with Gasteiger partial charge < -0.3 is 9.47 Å². The fourth-order valence-electron chi connectivity index (χ4n) is 2.58. The molecule has 2 rings (SSSR count). The lowest BCUT2D eigenvalue weighted by molar-refractivity contribution is -0.189. The Morgan fingerprint density at radius 3 is 2.48 bits per heavy atom. The Hall–Kier alpha value is -2.16. The van der Waals surface area contributed by atoms with Crippen LogP contribution in [0.1, 0.15) is 32.8 Å². The second-order valence-electron chi connectivity index (χ2n) is 7.42. The van der Waals surface area contributed by atoms with Crippen molar-refractivity contribution >= 4 is 5.97 Å². The van der Waals surface area contributed by atoms with Gasteiger partial charge in [0, 0.05) is 6.42 Å². The predicted octanol–water partition coefficient (Wildman–Crippen LogP) is 3.92. The van der Waals surface area contributed by atoms with E-state index in [9.17, 15) is 18.0 Å². The van der Waals surface area contributed by atoms with Gasteiger partial charge in [-0.15, -0.1) is 0 Å². The summed E-state index contributed by atoms with van der Waals surface area (Å²) in [7, 11) is 0. The van der Waals surface area contributed by atoms with Crippen molar-refractivity contribution in [3.63, 3.8) is 0 Å². The summed E-state index contributed by atoms with van der Waals surface area (Å²) in [4.78, 5) is 11.6. The van der Waals surface area contributed by atoms with Crippen LogP contribution in [0.15, 0.2) is 40.7 Å². The average molecular weight is 387 g/mol. The van der Waals surface area contributed by atoms with Crippen molar-refractivity contribution in [1.29, 1.82) is 0 Å². The van der Waals surface area contributed by atoms with Crippen molar-refractivity contribution in [2.24, 2.45) is 10.3 Å². The number of hydrogen-bond donors (Lipinski definition) is 0. The fourth-order valence-corrected chi connectivity index (χ4v) is 2.58. The molecule has 9 heteroatoms. The topological polar surface area (TPSA) is 63.5 Å². The van der Waals surface area contributed by atoms with E-state index in [1.165, 1.54) is 5.01 Å². The van der Waals surface area contributed by atoms with Gasteiger partial charge in [-0.1, -0.05) is 35.6 Å². The summed E-state index contributed by atoms with van der Waals surface area (Å²) >= 11 is 0. The lowest BCUT2D eigenvalue weighted by Gasteiger charge is -2.28. The molecule has 27 heavy (non-hydrogen) atoms. The van der Waals surface area contributed by atoms with E-state index in [0.717, 1.165) is 5.56 Å². The number of alkyl halides is 3. The summed E-state index contributed by atoms with van der Waals surface area (Å²) in [5, 5.41) is 8.51.